The molecule has 1 aromatic heterocycles. The van der Waals surface area contributed by atoms with Crippen molar-refractivity contribution in [1.82, 2.24) is 10.3 Å². The van der Waals surface area contributed by atoms with Crippen LogP contribution in [0.2, 0.25) is 0 Å². The van der Waals surface area contributed by atoms with Crippen molar-refractivity contribution in [3.05, 3.63) is 29.6 Å². The van der Waals surface area contributed by atoms with E-state index in [1.807, 2.05) is 6.92 Å². The van der Waals surface area contributed by atoms with Gasteiger partial charge in [-0.2, -0.15) is 0 Å². The Hall–Kier alpha value is -1.91. The average Bonchev–Trinajstić information content (AvgIpc) is 2.17. The maximum atomic E-state index is 11.5. The molecule has 0 spiro atoms. The molecule has 0 radical (unpaired) electrons. The van der Waals surface area contributed by atoms with E-state index in [-0.39, 0.29) is 0 Å². The van der Waals surface area contributed by atoms with Crippen LogP contribution in [-0.2, 0) is 4.79 Å². The molecule has 0 saturated heterocycles. The molecule has 5 nitrogen and oxygen atoms in total. The molecule has 1 amide bonds. The number of hydrogen-bond acceptors (Lipinski definition) is 3. The van der Waals surface area contributed by atoms with Crippen LogP contribution in [0.15, 0.2) is 18.5 Å². The summed E-state index contributed by atoms with van der Waals surface area (Å²) in [6.07, 6.45) is 3.02. The van der Waals surface area contributed by atoms with E-state index in [4.69, 9.17) is 5.11 Å². The number of amides is 1. The van der Waals surface area contributed by atoms with Crippen LogP contribution in [0.1, 0.15) is 22.8 Å². The van der Waals surface area contributed by atoms with E-state index in [1.54, 1.807) is 12.3 Å². The molecule has 0 saturated carbocycles. The quantitative estimate of drug-likeness (QED) is 0.762. The van der Waals surface area contributed by atoms with Gasteiger partial charge >= 0.3 is 5.97 Å². The summed E-state index contributed by atoms with van der Waals surface area (Å²) >= 11 is 0. The van der Waals surface area contributed by atoms with Gasteiger partial charge in [0.05, 0.1) is 5.56 Å². The van der Waals surface area contributed by atoms with Gasteiger partial charge in [0.25, 0.3) is 5.91 Å². The summed E-state index contributed by atoms with van der Waals surface area (Å²) in [5, 5.41) is 10.9. The molecular formula is C10H12N2O3. The molecule has 0 unspecified atom stereocenters. The molecule has 2 N–H and O–H groups in total. The van der Waals surface area contributed by atoms with Crippen molar-refractivity contribution < 1.29 is 14.7 Å². The number of hydrogen-bond donors (Lipinski definition) is 2. The van der Waals surface area contributed by atoms with Crippen LogP contribution in [0.5, 0.6) is 0 Å². The van der Waals surface area contributed by atoms with Crippen molar-refractivity contribution in [2.45, 2.75) is 19.9 Å². The van der Waals surface area contributed by atoms with Crippen LogP contribution >= 0.6 is 0 Å². The number of aliphatic carboxylic acids is 1. The lowest BCUT2D eigenvalue weighted by Gasteiger charge is -2.08. The Kier molecular flexibility index (Phi) is 3.38. The van der Waals surface area contributed by atoms with E-state index < -0.39 is 17.9 Å². The number of aromatic nitrogens is 1. The highest BCUT2D eigenvalue weighted by molar-refractivity contribution is 5.96. The largest absolute Gasteiger partial charge is 0.480 e. The van der Waals surface area contributed by atoms with E-state index in [2.05, 4.69) is 10.3 Å². The highest BCUT2D eigenvalue weighted by Gasteiger charge is 2.15. The molecule has 0 aromatic carbocycles. The van der Waals surface area contributed by atoms with Crippen LogP contribution in [0.25, 0.3) is 0 Å². The molecule has 0 aliphatic rings. The second kappa shape index (κ2) is 4.54. The second-order valence-electron chi connectivity index (χ2n) is 3.28. The lowest BCUT2D eigenvalue weighted by atomic mass is 10.2. The van der Waals surface area contributed by atoms with Crippen LogP contribution < -0.4 is 5.32 Å². The number of carbonyl (C=O) groups is 2. The maximum Gasteiger partial charge on any atom is 0.325 e. The first kappa shape index (κ1) is 11.2. The van der Waals surface area contributed by atoms with E-state index in [0.29, 0.717) is 5.56 Å². The third kappa shape index (κ3) is 3.05. The van der Waals surface area contributed by atoms with Gasteiger partial charge in [0.15, 0.2) is 0 Å². The Labute approximate surface area is 87.1 Å². The van der Waals surface area contributed by atoms with Gasteiger partial charge < -0.3 is 10.4 Å². The van der Waals surface area contributed by atoms with Crippen LogP contribution in [0, 0.1) is 6.92 Å². The Morgan fingerprint density at radius 3 is 2.67 bits per heavy atom. The molecule has 1 rings (SSSR count). The van der Waals surface area contributed by atoms with Crippen molar-refractivity contribution in [3.63, 3.8) is 0 Å². The standard InChI is InChI=1S/C10H12N2O3/c1-6-3-8(5-11-4-6)9(13)12-7(2)10(14)15/h3-5,7H,1-2H3,(H,12,13)(H,14,15)/t7-/m1/s1. The topological polar surface area (TPSA) is 79.3 Å². The molecule has 0 bridgehead atoms. The fourth-order valence-electron chi connectivity index (χ4n) is 1.02. The summed E-state index contributed by atoms with van der Waals surface area (Å²) in [6.45, 7) is 3.22. The summed E-state index contributed by atoms with van der Waals surface area (Å²) in [5.41, 5.74) is 1.22. The number of nitrogens with one attached hydrogen (secondary N) is 1. The minimum atomic E-state index is -1.07. The zero-order valence-corrected chi connectivity index (χ0v) is 8.52. The lowest BCUT2D eigenvalue weighted by molar-refractivity contribution is -0.138. The first-order valence-electron chi connectivity index (χ1n) is 4.46. The predicted octanol–water partition coefficient (Wildman–Crippen LogP) is 0.593. The van der Waals surface area contributed by atoms with E-state index in [1.165, 1.54) is 13.1 Å². The molecule has 0 aliphatic heterocycles. The van der Waals surface area contributed by atoms with Gasteiger partial charge in [-0.25, -0.2) is 0 Å². The Balaban J connectivity index is 2.73. The molecule has 1 aromatic rings. The van der Waals surface area contributed by atoms with Crippen LogP contribution in [0.4, 0.5) is 0 Å². The van der Waals surface area contributed by atoms with Gasteiger partial charge in [-0.1, -0.05) is 0 Å². The van der Waals surface area contributed by atoms with Gasteiger partial charge in [-0.3, -0.25) is 14.6 Å². The monoisotopic (exact) mass is 208 g/mol. The van der Waals surface area contributed by atoms with Crippen LogP contribution in [0.3, 0.4) is 0 Å². The number of pyridine rings is 1. The molecule has 80 valence electrons. The molecule has 1 heterocycles. The van der Waals surface area contributed by atoms with Gasteiger partial charge in [-0.05, 0) is 25.5 Å². The maximum absolute atomic E-state index is 11.5. The SMILES string of the molecule is Cc1cncc(C(=O)N[C@H](C)C(=O)O)c1. The molecule has 1 atom stereocenters. The minimum Gasteiger partial charge on any atom is -0.480 e. The molecule has 0 fully saturated rings. The molecule has 15 heavy (non-hydrogen) atoms. The number of rotatable bonds is 3. The van der Waals surface area contributed by atoms with Crippen molar-refractivity contribution in [1.29, 1.82) is 0 Å². The molecule has 0 aliphatic carbocycles. The third-order valence-electron chi connectivity index (χ3n) is 1.86. The lowest BCUT2D eigenvalue weighted by Crippen LogP contribution is -2.38. The zero-order valence-electron chi connectivity index (χ0n) is 8.52. The minimum absolute atomic E-state index is 0.364. The fourth-order valence-corrected chi connectivity index (χ4v) is 1.02. The fraction of sp³-hybridized carbons (Fsp3) is 0.300. The smallest absolute Gasteiger partial charge is 0.325 e. The first-order chi connectivity index (χ1) is 7.00. The molecular weight excluding hydrogens is 196 g/mol. The molecule has 5 heteroatoms. The van der Waals surface area contributed by atoms with Crippen LogP contribution in [-0.4, -0.2) is 28.0 Å². The van der Waals surface area contributed by atoms with Gasteiger partial charge in [0.1, 0.15) is 6.04 Å². The summed E-state index contributed by atoms with van der Waals surface area (Å²) < 4.78 is 0. The highest BCUT2D eigenvalue weighted by atomic mass is 16.4. The average molecular weight is 208 g/mol. The Bertz CT molecular complexity index is 390. The van der Waals surface area contributed by atoms with Crippen molar-refractivity contribution >= 4 is 11.9 Å². The van der Waals surface area contributed by atoms with Crippen molar-refractivity contribution in [2.24, 2.45) is 0 Å². The summed E-state index contributed by atoms with van der Waals surface area (Å²) in [7, 11) is 0. The summed E-state index contributed by atoms with van der Waals surface area (Å²) in [6, 6.07) is 0.745. The second-order valence-corrected chi connectivity index (χ2v) is 3.28. The van der Waals surface area contributed by atoms with Crippen molar-refractivity contribution in [3.8, 4) is 0 Å². The first-order valence-corrected chi connectivity index (χ1v) is 4.46. The van der Waals surface area contributed by atoms with E-state index >= 15 is 0 Å². The Morgan fingerprint density at radius 1 is 1.47 bits per heavy atom. The number of nitrogens with zero attached hydrogens (tertiary/aromatic N) is 1. The van der Waals surface area contributed by atoms with Gasteiger partial charge in [0, 0.05) is 12.4 Å². The van der Waals surface area contributed by atoms with Crippen molar-refractivity contribution in [2.75, 3.05) is 0 Å². The zero-order chi connectivity index (χ0) is 11.4. The number of carboxylic acids is 1. The number of carboxylic acid groups (broad SMARTS) is 1. The normalized spacial score (nSPS) is 11.9. The Morgan fingerprint density at radius 2 is 2.13 bits per heavy atom. The van der Waals surface area contributed by atoms with E-state index in [9.17, 15) is 9.59 Å². The summed E-state index contributed by atoms with van der Waals surface area (Å²) in [4.78, 5) is 25.8. The highest BCUT2D eigenvalue weighted by Crippen LogP contribution is 2.01. The van der Waals surface area contributed by atoms with Gasteiger partial charge in [0.2, 0.25) is 0 Å². The van der Waals surface area contributed by atoms with E-state index in [0.717, 1.165) is 5.56 Å². The predicted molar refractivity (Wildman–Crippen MR) is 53.5 cm³/mol. The van der Waals surface area contributed by atoms with Gasteiger partial charge in [-0.15, -0.1) is 0 Å². The third-order valence-corrected chi connectivity index (χ3v) is 1.86. The summed E-state index contributed by atoms with van der Waals surface area (Å²) in [5.74, 6) is -1.50. The number of aryl methyl sites for hydroxylation is 1. The number of carbonyl (C=O) groups excluding carboxylic acids is 1.